The predicted molar refractivity (Wildman–Crippen MR) is 65.4 cm³/mol. The van der Waals surface area contributed by atoms with Crippen LogP contribution in [0, 0.1) is 0 Å². The van der Waals surface area contributed by atoms with E-state index in [2.05, 4.69) is 10.2 Å². The topological polar surface area (TPSA) is 75.6 Å². The highest BCUT2D eigenvalue weighted by Gasteiger charge is 2.16. The summed E-state index contributed by atoms with van der Waals surface area (Å²) in [6.45, 7) is 4.87. The summed E-state index contributed by atoms with van der Waals surface area (Å²) < 4.78 is 4.97. The Bertz CT molecular complexity index is 367. The van der Waals surface area contributed by atoms with E-state index in [4.69, 9.17) is 9.84 Å². The Hall–Kier alpha value is -1.21. The van der Waals surface area contributed by atoms with E-state index in [1.54, 1.807) is 7.11 Å². The number of carboxylic acids is 1. The normalized spacial score (nSPS) is 10.8. The van der Waals surface area contributed by atoms with Crippen molar-refractivity contribution in [2.75, 3.05) is 18.6 Å². The first-order valence-corrected chi connectivity index (χ1v) is 6.16. The number of nitrogens with zero attached hydrogens (tertiary/aromatic N) is 3. The molecule has 0 spiro atoms. The van der Waals surface area contributed by atoms with Gasteiger partial charge in [0, 0.05) is 19.7 Å². The summed E-state index contributed by atoms with van der Waals surface area (Å²) in [5, 5.41) is 18.3. The van der Waals surface area contributed by atoms with Gasteiger partial charge in [-0.2, -0.15) is 0 Å². The van der Waals surface area contributed by atoms with E-state index in [1.165, 1.54) is 11.3 Å². The molecule has 1 heterocycles. The van der Waals surface area contributed by atoms with Crippen molar-refractivity contribution < 1.29 is 14.6 Å². The Balaban J connectivity index is 2.71. The zero-order valence-corrected chi connectivity index (χ0v) is 11.0. The first-order valence-electron chi connectivity index (χ1n) is 5.34. The second kappa shape index (κ2) is 6.51. The molecular weight excluding hydrogens is 242 g/mol. The average Bonchev–Trinajstić information content (AvgIpc) is 2.66. The number of methoxy groups -OCH3 is 1. The highest BCUT2D eigenvalue weighted by molar-refractivity contribution is 7.15. The fourth-order valence-corrected chi connectivity index (χ4v) is 2.30. The van der Waals surface area contributed by atoms with Crippen molar-refractivity contribution in [3.8, 4) is 0 Å². The maximum absolute atomic E-state index is 10.6. The lowest BCUT2D eigenvalue weighted by Gasteiger charge is -2.24. The van der Waals surface area contributed by atoms with Crippen LogP contribution < -0.4 is 4.90 Å². The van der Waals surface area contributed by atoms with Crippen LogP contribution in [0.4, 0.5) is 5.13 Å². The Morgan fingerprint density at radius 1 is 1.53 bits per heavy atom. The number of aliphatic carboxylic acids is 1. The van der Waals surface area contributed by atoms with Crippen LogP contribution in [0.1, 0.15) is 25.3 Å². The Labute approximate surface area is 104 Å². The van der Waals surface area contributed by atoms with Gasteiger partial charge >= 0.3 is 5.97 Å². The number of carboxylic acid groups (broad SMARTS) is 1. The van der Waals surface area contributed by atoms with Crippen LogP contribution in [-0.4, -0.2) is 41.0 Å². The highest BCUT2D eigenvalue weighted by Crippen LogP contribution is 2.22. The van der Waals surface area contributed by atoms with E-state index in [9.17, 15) is 4.79 Å². The van der Waals surface area contributed by atoms with Gasteiger partial charge < -0.3 is 14.7 Å². The Morgan fingerprint density at radius 2 is 2.24 bits per heavy atom. The molecule has 0 fully saturated rings. The summed E-state index contributed by atoms with van der Waals surface area (Å²) in [7, 11) is 1.60. The summed E-state index contributed by atoms with van der Waals surface area (Å²) in [5.74, 6) is -0.808. The molecule has 1 rings (SSSR count). The monoisotopic (exact) mass is 259 g/mol. The molecule has 6 nitrogen and oxygen atoms in total. The zero-order chi connectivity index (χ0) is 12.8. The molecule has 0 atom stereocenters. The van der Waals surface area contributed by atoms with E-state index in [1.807, 2.05) is 18.7 Å². The third kappa shape index (κ3) is 4.27. The predicted octanol–water partition coefficient (Wildman–Crippen LogP) is 1.37. The largest absolute Gasteiger partial charge is 0.481 e. The van der Waals surface area contributed by atoms with Crippen LogP contribution >= 0.6 is 11.3 Å². The number of hydrogen-bond donors (Lipinski definition) is 1. The summed E-state index contributed by atoms with van der Waals surface area (Å²) >= 11 is 1.43. The number of anilines is 1. The van der Waals surface area contributed by atoms with E-state index in [0.717, 1.165) is 10.1 Å². The quantitative estimate of drug-likeness (QED) is 0.797. The lowest BCUT2D eigenvalue weighted by molar-refractivity contribution is -0.136. The molecule has 0 saturated heterocycles. The van der Waals surface area contributed by atoms with Crippen LogP contribution in [0.2, 0.25) is 0 Å². The second-order valence-corrected chi connectivity index (χ2v) is 4.88. The third-order valence-corrected chi connectivity index (χ3v) is 3.09. The van der Waals surface area contributed by atoms with Gasteiger partial charge in [0.15, 0.2) is 0 Å². The van der Waals surface area contributed by atoms with Crippen LogP contribution in [0.5, 0.6) is 0 Å². The molecule has 1 aromatic rings. The minimum Gasteiger partial charge on any atom is -0.481 e. The number of ether oxygens (including phenoxy) is 1. The molecule has 0 aliphatic carbocycles. The van der Waals surface area contributed by atoms with Crippen molar-refractivity contribution in [2.24, 2.45) is 0 Å². The fourth-order valence-electron chi connectivity index (χ4n) is 1.33. The van der Waals surface area contributed by atoms with Crippen LogP contribution in [-0.2, 0) is 16.1 Å². The molecule has 7 heteroatoms. The van der Waals surface area contributed by atoms with Crippen molar-refractivity contribution in [3.63, 3.8) is 0 Å². The van der Waals surface area contributed by atoms with Crippen molar-refractivity contribution >= 4 is 22.4 Å². The summed E-state index contributed by atoms with van der Waals surface area (Å²) in [6, 6.07) is 0.192. The molecular formula is C10H17N3O3S. The Morgan fingerprint density at radius 3 is 2.76 bits per heavy atom. The number of hydrogen-bond acceptors (Lipinski definition) is 6. The van der Waals surface area contributed by atoms with Crippen LogP contribution in [0.3, 0.4) is 0 Å². The van der Waals surface area contributed by atoms with Gasteiger partial charge in [0.2, 0.25) is 5.13 Å². The molecule has 1 N–H and O–H groups in total. The van der Waals surface area contributed by atoms with Crippen molar-refractivity contribution in [1.29, 1.82) is 0 Å². The standard InChI is InChI=1S/C10H17N3O3S/c1-7(2)13(5-4-9(14)15)10-12-11-8(17-10)6-16-3/h7H,4-6H2,1-3H3,(H,14,15). The molecule has 1 aromatic heterocycles. The van der Waals surface area contributed by atoms with Gasteiger partial charge in [-0.3, -0.25) is 4.79 Å². The highest BCUT2D eigenvalue weighted by atomic mass is 32.1. The SMILES string of the molecule is COCc1nnc(N(CCC(=O)O)C(C)C)s1. The van der Waals surface area contributed by atoms with Crippen molar-refractivity contribution in [1.82, 2.24) is 10.2 Å². The molecule has 96 valence electrons. The van der Waals surface area contributed by atoms with Crippen molar-refractivity contribution in [2.45, 2.75) is 32.9 Å². The van der Waals surface area contributed by atoms with E-state index in [-0.39, 0.29) is 12.5 Å². The number of carbonyl (C=O) groups is 1. The number of aromatic nitrogens is 2. The summed E-state index contributed by atoms with van der Waals surface area (Å²) in [5.41, 5.74) is 0. The molecule has 0 aliphatic heterocycles. The maximum Gasteiger partial charge on any atom is 0.305 e. The van der Waals surface area contributed by atoms with Gasteiger partial charge in [0.05, 0.1) is 6.42 Å². The third-order valence-electron chi connectivity index (χ3n) is 2.16. The van der Waals surface area contributed by atoms with E-state index < -0.39 is 5.97 Å². The van der Waals surface area contributed by atoms with Gasteiger partial charge in [-0.15, -0.1) is 10.2 Å². The van der Waals surface area contributed by atoms with Gasteiger partial charge in [-0.05, 0) is 13.8 Å². The zero-order valence-electron chi connectivity index (χ0n) is 10.2. The minimum absolute atomic E-state index is 0.0946. The summed E-state index contributed by atoms with van der Waals surface area (Å²) in [4.78, 5) is 12.5. The smallest absolute Gasteiger partial charge is 0.305 e. The lowest BCUT2D eigenvalue weighted by atomic mass is 10.3. The second-order valence-electron chi connectivity index (χ2n) is 3.84. The van der Waals surface area contributed by atoms with E-state index in [0.29, 0.717) is 13.2 Å². The molecule has 0 saturated carbocycles. The average molecular weight is 259 g/mol. The maximum atomic E-state index is 10.6. The van der Waals surface area contributed by atoms with Gasteiger partial charge in [0.25, 0.3) is 0 Å². The number of rotatable bonds is 7. The van der Waals surface area contributed by atoms with Crippen molar-refractivity contribution in [3.05, 3.63) is 5.01 Å². The van der Waals surface area contributed by atoms with Crippen LogP contribution in [0.25, 0.3) is 0 Å². The fraction of sp³-hybridized carbons (Fsp3) is 0.700. The Kier molecular flexibility index (Phi) is 5.30. The molecule has 0 aromatic carbocycles. The molecule has 0 bridgehead atoms. The van der Waals surface area contributed by atoms with Gasteiger partial charge in [0.1, 0.15) is 11.6 Å². The molecule has 0 amide bonds. The molecule has 17 heavy (non-hydrogen) atoms. The molecule has 0 unspecified atom stereocenters. The minimum atomic E-state index is -0.808. The first-order chi connectivity index (χ1) is 8.04. The van der Waals surface area contributed by atoms with Gasteiger partial charge in [-0.25, -0.2) is 0 Å². The van der Waals surface area contributed by atoms with Crippen LogP contribution in [0.15, 0.2) is 0 Å². The first kappa shape index (κ1) is 13.9. The molecule has 0 radical (unpaired) electrons. The summed E-state index contributed by atoms with van der Waals surface area (Å²) in [6.07, 6.45) is 0.0946. The molecule has 0 aliphatic rings. The van der Waals surface area contributed by atoms with Gasteiger partial charge in [-0.1, -0.05) is 11.3 Å². The lowest BCUT2D eigenvalue weighted by Crippen LogP contribution is -2.32. The van der Waals surface area contributed by atoms with E-state index >= 15 is 0 Å².